The van der Waals surface area contributed by atoms with E-state index >= 15 is 0 Å². The fourth-order valence-corrected chi connectivity index (χ4v) is 1.57. The minimum atomic E-state index is -0.240. The molecule has 5 heteroatoms. The largest absolute Gasteiger partial charge is 0.432 e. The number of carbonyl (C=O) groups is 1. The molecule has 0 aliphatic carbocycles. The molecular weight excluding hydrogens is 230 g/mol. The number of hydrogen-bond donors (Lipinski definition) is 2. The Labute approximate surface area is 105 Å². The highest BCUT2D eigenvalue weighted by molar-refractivity contribution is 6.03. The number of nitrogens with zero attached hydrogens (tertiary/aromatic N) is 1. The van der Waals surface area contributed by atoms with E-state index in [9.17, 15) is 4.79 Å². The molecule has 2 aromatic rings. The Morgan fingerprint density at radius 2 is 2.11 bits per heavy atom. The monoisotopic (exact) mass is 245 g/mol. The topological polar surface area (TPSA) is 81.2 Å². The van der Waals surface area contributed by atoms with Crippen LogP contribution in [0.4, 0.5) is 6.01 Å². The fourth-order valence-electron chi connectivity index (χ4n) is 1.57. The maximum absolute atomic E-state index is 11.9. The summed E-state index contributed by atoms with van der Waals surface area (Å²) in [6.45, 7) is 2.39. The zero-order valence-corrected chi connectivity index (χ0v) is 10.1. The van der Waals surface area contributed by atoms with Crippen LogP contribution in [0.25, 0.3) is 0 Å². The average Bonchev–Trinajstić information content (AvgIpc) is 2.76. The summed E-state index contributed by atoms with van der Waals surface area (Å²) >= 11 is 0. The van der Waals surface area contributed by atoms with Crippen molar-refractivity contribution in [2.45, 2.75) is 13.3 Å². The van der Waals surface area contributed by atoms with Crippen LogP contribution >= 0.6 is 0 Å². The molecule has 0 saturated heterocycles. The lowest BCUT2D eigenvalue weighted by atomic mass is 10.1. The predicted octanol–water partition coefficient (Wildman–Crippen LogP) is 1.74. The van der Waals surface area contributed by atoms with Gasteiger partial charge >= 0.3 is 6.01 Å². The second-order valence-electron chi connectivity index (χ2n) is 3.98. The summed E-state index contributed by atoms with van der Waals surface area (Å²) in [5.74, 6) is -0.240. The Hall–Kier alpha value is -2.14. The number of aryl methyl sites for hydroxylation is 1. The maximum atomic E-state index is 11.9. The van der Waals surface area contributed by atoms with Crippen LogP contribution in [-0.4, -0.2) is 17.4 Å². The van der Waals surface area contributed by atoms with Gasteiger partial charge < -0.3 is 10.2 Å². The number of benzene rings is 1. The number of amides is 1. The number of hydrogen-bond acceptors (Lipinski definition) is 4. The number of aromatic nitrogens is 1. The third kappa shape index (κ3) is 2.95. The van der Waals surface area contributed by atoms with Crippen LogP contribution in [0.3, 0.4) is 0 Å². The molecule has 0 bridgehead atoms. The number of carbonyl (C=O) groups excluding carboxylic acids is 1. The molecule has 0 aliphatic heterocycles. The van der Waals surface area contributed by atoms with Gasteiger partial charge in [0.2, 0.25) is 0 Å². The van der Waals surface area contributed by atoms with Crippen LogP contribution in [0.1, 0.15) is 21.6 Å². The Balaban J connectivity index is 2.04. The van der Waals surface area contributed by atoms with Gasteiger partial charge in [-0.3, -0.25) is 10.1 Å². The fraction of sp³-hybridized carbons (Fsp3) is 0.231. The molecular formula is C13H15N3O2. The summed E-state index contributed by atoms with van der Waals surface area (Å²) in [6, 6.07) is 7.51. The molecule has 94 valence electrons. The van der Waals surface area contributed by atoms with E-state index in [1.165, 1.54) is 6.26 Å². The Kier molecular flexibility index (Phi) is 3.74. The molecule has 0 atom stereocenters. The first-order valence-electron chi connectivity index (χ1n) is 5.71. The SMILES string of the molecule is Cc1coc(NC(=O)c2ccc(CCN)cc2)n1. The van der Waals surface area contributed by atoms with E-state index in [0.29, 0.717) is 12.1 Å². The first-order valence-corrected chi connectivity index (χ1v) is 5.71. The molecule has 1 aromatic heterocycles. The van der Waals surface area contributed by atoms with Crippen molar-refractivity contribution in [2.75, 3.05) is 11.9 Å². The van der Waals surface area contributed by atoms with Crippen molar-refractivity contribution >= 4 is 11.9 Å². The highest BCUT2D eigenvalue weighted by Crippen LogP contribution is 2.10. The van der Waals surface area contributed by atoms with Crippen molar-refractivity contribution in [3.63, 3.8) is 0 Å². The molecule has 0 fully saturated rings. The Morgan fingerprint density at radius 3 is 2.67 bits per heavy atom. The van der Waals surface area contributed by atoms with Crippen LogP contribution in [0.15, 0.2) is 34.9 Å². The van der Waals surface area contributed by atoms with Gasteiger partial charge in [0.15, 0.2) is 0 Å². The third-order valence-electron chi connectivity index (χ3n) is 2.49. The first-order chi connectivity index (χ1) is 8.69. The molecule has 1 amide bonds. The van der Waals surface area contributed by atoms with E-state index < -0.39 is 0 Å². The molecule has 1 aromatic carbocycles. The molecule has 0 unspecified atom stereocenters. The van der Waals surface area contributed by atoms with Crippen LogP contribution < -0.4 is 11.1 Å². The van der Waals surface area contributed by atoms with E-state index in [1.807, 2.05) is 12.1 Å². The third-order valence-corrected chi connectivity index (χ3v) is 2.49. The number of nitrogens with two attached hydrogens (primary N) is 1. The van der Waals surface area contributed by atoms with Crippen molar-refractivity contribution in [3.05, 3.63) is 47.3 Å². The van der Waals surface area contributed by atoms with Crippen molar-refractivity contribution in [1.29, 1.82) is 0 Å². The van der Waals surface area contributed by atoms with Gasteiger partial charge in [0, 0.05) is 5.56 Å². The van der Waals surface area contributed by atoms with Gasteiger partial charge in [-0.25, -0.2) is 0 Å². The van der Waals surface area contributed by atoms with Gasteiger partial charge in [-0.2, -0.15) is 4.98 Å². The van der Waals surface area contributed by atoms with Gasteiger partial charge in [0.25, 0.3) is 5.91 Å². The lowest BCUT2D eigenvalue weighted by molar-refractivity contribution is 0.102. The molecule has 2 rings (SSSR count). The van der Waals surface area contributed by atoms with Crippen molar-refractivity contribution < 1.29 is 9.21 Å². The van der Waals surface area contributed by atoms with Crippen molar-refractivity contribution in [2.24, 2.45) is 5.73 Å². The summed E-state index contributed by atoms with van der Waals surface area (Å²) in [4.78, 5) is 15.9. The smallest absolute Gasteiger partial charge is 0.301 e. The van der Waals surface area contributed by atoms with Crippen LogP contribution in [0.2, 0.25) is 0 Å². The Bertz CT molecular complexity index is 531. The highest BCUT2D eigenvalue weighted by Gasteiger charge is 2.09. The van der Waals surface area contributed by atoms with E-state index in [2.05, 4.69) is 10.3 Å². The summed E-state index contributed by atoms with van der Waals surface area (Å²) < 4.78 is 5.06. The van der Waals surface area contributed by atoms with Gasteiger partial charge in [0.05, 0.1) is 5.69 Å². The average molecular weight is 245 g/mol. The molecule has 18 heavy (non-hydrogen) atoms. The van der Waals surface area contributed by atoms with E-state index in [1.54, 1.807) is 19.1 Å². The standard InChI is InChI=1S/C13H15N3O2/c1-9-8-18-13(15-9)16-12(17)11-4-2-10(3-5-11)6-7-14/h2-5,8H,6-7,14H2,1H3,(H,15,16,17). The van der Waals surface area contributed by atoms with Crippen LogP contribution in [0, 0.1) is 6.92 Å². The molecule has 0 aliphatic rings. The lowest BCUT2D eigenvalue weighted by Gasteiger charge is -2.02. The van der Waals surface area contributed by atoms with E-state index in [0.717, 1.165) is 17.7 Å². The van der Waals surface area contributed by atoms with Crippen molar-refractivity contribution in [1.82, 2.24) is 4.98 Å². The second-order valence-corrected chi connectivity index (χ2v) is 3.98. The summed E-state index contributed by atoms with van der Waals surface area (Å²) in [5, 5.41) is 2.59. The van der Waals surface area contributed by atoms with Gasteiger partial charge in [0.1, 0.15) is 6.26 Å². The zero-order valence-electron chi connectivity index (χ0n) is 10.1. The molecule has 1 heterocycles. The van der Waals surface area contributed by atoms with Gasteiger partial charge in [-0.05, 0) is 37.6 Å². The summed E-state index contributed by atoms with van der Waals surface area (Å²) in [6.07, 6.45) is 2.29. The second kappa shape index (κ2) is 5.46. The Morgan fingerprint density at radius 1 is 1.39 bits per heavy atom. The van der Waals surface area contributed by atoms with Crippen molar-refractivity contribution in [3.8, 4) is 0 Å². The normalized spacial score (nSPS) is 10.3. The van der Waals surface area contributed by atoms with Gasteiger partial charge in [-0.1, -0.05) is 12.1 Å². The van der Waals surface area contributed by atoms with Crippen LogP contribution in [-0.2, 0) is 6.42 Å². The minimum Gasteiger partial charge on any atom is -0.432 e. The number of oxazole rings is 1. The summed E-state index contributed by atoms with van der Waals surface area (Å²) in [7, 11) is 0. The van der Waals surface area contributed by atoms with E-state index in [-0.39, 0.29) is 11.9 Å². The molecule has 3 N–H and O–H groups in total. The molecule has 0 saturated carbocycles. The lowest BCUT2D eigenvalue weighted by Crippen LogP contribution is -2.12. The van der Waals surface area contributed by atoms with Gasteiger partial charge in [-0.15, -0.1) is 0 Å². The molecule has 0 spiro atoms. The predicted molar refractivity (Wildman–Crippen MR) is 68.4 cm³/mol. The molecule has 0 radical (unpaired) electrons. The first kappa shape index (κ1) is 12.3. The zero-order chi connectivity index (χ0) is 13.0. The van der Waals surface area contributed by atoms with E-state index in [4.69, 9.17) is 10.2 Å². The maximum Gasteiger partial charge on any atom is 0.301 e. The quantitative estimate of drug-likeness (QED) is 0.859. The van der Waals surface area contributed by atoms with Crippen LogP contribution in [0.5, 0.6) is 0 Å². The minimum absolute atomic E-state index is 0.212. The highest BCUT2D eigenvalue weighted by atomic mass is 16.4. The molecule has 5 nitrogen and oxygen atoms in total. The number of rotatable bonds is 4. The summed E-state index contributed by atoms with van der Waals surface area (Å²) in [5.41, 5.74) is 7.86. The number of anilines is 1. The number of nitrogens with one attached hydrogen (secondary N) is 1.